The summed E-state index contributed by atoms with van der Waals surface area (Å²) in [6, 6.07) is 7.14. The van der Waals surface area contributed by atoms with Crippen LogP contribution in [0.1, 0.15) is 18.9 Å². The molecule has 0 amide bonds. The summed E-state index contributed by atoms with van der Waals surface area (Å²) in [4.78, 5) is 0. The smallest absolute Gasteiger partial charge is 0.411 e. The molecule has 0 bridgehead atoms. The molecule has 3 nitrogen and oxygen atoms in total. The molecule has 1 aromatic rings. The number of benzene rings is 1. The molecule has 0 aliphatic heterocycles. The van der Waals surface area contributed by atoms with Gasteiger partial charge in [0.05, 0.1) is 0 Å². The number of hydrogen-bond donors (Lipinski definition) is 1. The van der Waals surface area contributed by atoms with Gasteiger partial charge >= 0.3 is 6.18 Å². The van der Waals surface area contributed by atoms with Crippen LogP contribution in [0.5, 0.6) is 5.75 Å². The van der Waals surface area contributed by atoms with Crippen LogP contribution in [-0.2, 0) is 11.3 Å². The Kier molecular flexibility index (Phi) is 6.66. The Morgan fingerprint density at radius 2 is 1.84 bits per heavy atom. The predicted molar refractivity (Wildman–Crippen MR) is 65.9 cm³/mol. The molecule has 0 aliphatic carbocycles. The van der Waals surface area contributed by atoms with Crippen LogP contribution in [0, 0.1) is 0 Å². The van der Waals surface area contributed by atoms with E-state index in [2.05, 4.69) is 17.0 Å². The number of alkyl halides is 3. The quantitative estimate of drug-likeness (QED) is 0.585. The van der Waals surface area contributed by atoms with Crippen LogP contribution in [0.15, 0.2) is 24.3 Å². The highest BCUT2D eigenvalue weighted by Gasteiger charge is 2.27. The first-order chi connectivity index (χ1) is 9.01. The Labute approximate surface area is 110 Å². The first kappa shape index (κ1) is 15.8. The van der Waals surface area contributed by atoms with Gasteiger partial charge in [0.2, 0.25) is 0 Å². The minimum absolute atomic E-state index is 0.410. The van der Waals surface area contributed by atoms with Gasteiger partial charge in [-0.1, -0.05) is 19.1 Å². The lowest BCUT2D eigenvalue weighted by Crippen LogP contribution is -2.19. The van der Waals surface area contributed by atoms with Gasteiger partial charge in [-0.2, -0.15) is 13.2 Å². The Balaban J connectivity index is 2.24. The van der Waals surface area contributed by atoms with Crippen molar-refractivity contribution in [3.8, 4) is 5.75 Å². The van der Waals surface area contributed by atoms with Crippen molar-refractivity contribution in [2.45, 2.75) is 26.1 Å². The molecule has 0 unspecified atom stereocenters. The molecule has 19 heavy (non-hydrogen) atoms. The maximum Gasteiger partial charge on any atom is 0.411 e. The third-order valence-electron chi connectivity index (χ3n) is 2.25. The molecule has 1 N–H and O–H groups in total. The van der Waals surface area contributed by atoms with E-state index in [1.807, 2.05) is 12.1 Å². The Bertz CT molecular complexity index is 352. The molecule has 0 atom stereocenters. The molecule has 6 heteroatoms. The van der Waals surface area contributed by atoms with Crippen molar-refractivity contribution in [2.24, 2.45) is 0 Å². The fourth-order valence-corrected chi connectivity index (χ4v) is 1.38. The van der Waals surface area contributed by atoms with E-state index in [9.17, 15) is 13.2 Å². The summed E-state index contributed by atoms with van der Waals surface area (Å²) in [6.07, 6.45) is -3.25. The Morgan fingerprint density at radius 1 is 1.16 bits per heavy atom. The summed E-state index contributed by atoms with van der Waals surface area (Å²) in [5.41, 5.74) is 1.09. The van der Waals surface area contributed by atoms with Crippen LogP contribution >= 0.6 is 0 Å². The van der Waals surface area contributed by atoms with E-state index in [0.717, 1.165) is 25.1 Å². The second-order valence-electron chi connectivity index (χ2n) is 4.05. The molecular weight excluding hydrogens is 259 g/mol. The van der Waals surface area contributed by atoms with E-state index < -0.39 is 19.6 Å². The van der Waals surface area contributed by atoms with Crippen molar-refractivity contribution < 1.29 is 22.6 Å². The van der Waals surface area contributed by atoms with Gasteiger partial charge in [0.1, 0.15) is 12.4 Å². The van der Waals surface area contributed by atoms with Crippen molar-refractivity contribution in [3.05, 3.63) is 29.8 Å². The SMILES string of the molecule is CCCNCc1ccc(OCOCC(F)(F)F)cc1. The second kappa shape index (κ2) is 8.01. The third-order valence-corrected chi connectivity index (χ3v) is 2.25. The van der Waals surface area contributed by atoms with Crippen LogP contribution in [0.4, 0.5) is 13.2 Å². The largest absolute Gasteiger partial charge is 0.468 e. The molecule has 0 saturated heterocycles. The van der Waals surface area contributed by atoms with E-state index in [1.165, 1.54) is 0 Å². The van der Waals surface area contributed by atoms with Crippen molar-refractivity contribution >= 4 is 0 Å². The lowest BCUT2D eigenvalue weighted by atomic mass is 10.2. The van der Waals surface area contributed by atoms with E-state index >= 15 is 0 Å². The molecule has 0 radical (unpaired) electrons. The van der Waals surface area contributed by atoms with Crippen molar-refractivity contribution in [1.29, 1.82) is 0 Å². The molecular formula is C13H18F3NO2. The summed E-state index contributed by atoms with van der Waals surface area (Å²) in [6.45, 7) is 2.09. The normalized spacial score (nSPS) is 11.6. The average Bonchev–Trinajstić information content (AvgIpc) is 2.36. The second-order valence-corrected chi connectivity index (χ2v) is 4.05. The van der Waals surface area contributed by atoms with Gasteiger partial charge < -0.3 is 14.8 Å². The maximum atomic E-state index is 11.8. The fourth-order valence-electron chi connectivity index (χ4n) is 1.38. The molecule has 0 saturated carbocycles. The lowest BCUT2D eigenvalue weighted by molar-refractivity contribution is -0.186. The summed E-state index contributed by atoms with van der Waals surface area (Å²) in [5, 5.41) is 3.25. The van der Waals surface area contributed by atoms with E-state index in [1.54, 1.807) is 12.1 Å². The summed E-state index contributed by atoms with van der Waals surface area (Å²) >= 11 is 0. The lowest BCUT2D eigenvalue weighted by Gasteiger charge is -2.10. The summed E-state index contributed by atoms with van der Waals surface area (Å²) in [5.74, 6) is 0.487. The minimum atomic E-state index is -4.32. The maximum absolute atomic E-state index is 11.8. The highest BCUT2D eigenvalue weighted by Crippen LogP contribution is 2.15. The van der Waals surface area contributed by atoms with Gasteiger partial charge in [-0.05, 0) is 30.7 Å². The monoisotopic (exact) mass is 277 g/mol. The summed E-state index contributed by atoms with van der Waals surface area (Å²) < 4.78 is 44.8. The molecule has 0 fully saturated rings. The van der Waals surface area contributed by atoms with Crippen LogP contribution in [0.2, 0.25) is 0 Å². The van der Waals surface area contributed by atoms with Crippen LogP contribution in [0.3, 0.4) is 0 Å². The van der Waals surface area contributed by atoms with Gasteiger partial charge in [-0.15, -0.1) is 0 Å². The molecule has 0 heterocycles. The van der Waals surface area contributed by atoms with E-state index in [0.29, 0.717) is 5.75 Å². The molecule has 0 aliphatic rings. The zero-order valence-electron chi connectivity index (χ0n) is 10.8. The molecule has 1 rings (SSSR count). The number of hydrogen-bond acceptors (Lipinski definition) is 3. The van der Waals surface area contributed by atoms with Gasteiger partial charge in [-0.3, -0.25) is 0 Å². The Morgan fingerprint density at radius 3 is 2.42 bits per heavy atom. The first-order valence-electron chi connectivity index (χ1n) is 6.08. The van der Waals surface area contributed by atoms with Crippen molar-refractivity contribution in [3.63, 3.8) is 0 Å². The Hall–Kier alpha value is -1.27. The molecule has 1 aromatic carbocycles. The van der Waals surface area contributed by atoms with Crippen molar-refractivity contribution in [2.75, 3.05) is 19.9 Å². The standard InChI is InChI=1S/C13H18F3NO2/c1-2-7-17-8-11-3-5-12(6-4-11)19-10-18-9-13(14,15)16/h3-6,17H,2,7-10H2,1H3. The average molecular weight is 277 g/mol. The van der Waals surface area contributed by atoms with Crippen LogP contribution in [0.25, 0.3) is 0 Å². The highest BCUT2D eigenvalue weighted by atomic mass is 19.4. The zero-order valence-corrected chi connectivity index (χ0v) is 10.8. The number of rotatable bonds is 8. The molecule has 0 aromatic heterocycles. The first-order valence-corrected chi connectivity index (χ1v) is 6.08. The highest BCUT2D eigenvalue weighted by molar-refractivity contribution is 5.27. The molecule has 108 valence electrons. The predicted octanol–water partition coefficient (Wildman–Crippen LogP) is 3.10. The zero-order chi connectivity index (χ0) is 14.1. The van der Waals surface area contributed by atoms with E-state index in [-0.39, 0.29) is 0 Å². The molecule has 0 spiro atoms. The topological polar surface area (TPSA) is 30.5 Å². The third kappa shape index (κ3) is 7.69. The van der Waals surface area contributed by atoms with Crippen LogP contribution in [-0.4, -0.2) is 26.1 Å². The van der Waals surface area contributed by atoms with Crippen LogP contribution < -0.4 is 10.1 Å². The number of nitrogens with one attached hydrogen (secondary N) is 1. The van der Waals surface area contributed by atoms with Crippen molar-refractivity contribution in [1.82, 2.24) is 5.32 Å². The fraction of sp³-hybridized carbons (Fsp3) is 0.538. The van der Waals surface area contributed by atoms with Gasteiger partial charge in [0.15, 0.2) is 6.79 Å². The number of halogens is 3. The number of ether oxygens (including phenoxy) is 2. The van der Waals surface area contributed by atoms with Gasteiger partial charge in [-0.25, -0.2) is 0 Å². The van der Waals surface area contributed by atoms with E-state index in [4.69, 9.17) is 4.74 Å². The minimum Gasteiger partial charge on any atom is -0.468 e. The summed E-state index contributed by atoms with van der Waals surface area (Å²) in [7, 11) is 0. The van der Waals surface area contributed by atoms with Gasteiger partial charge in [0, 0.05) is 6.54 Å². The van der Waals surface area contributed by atoms with Gasteiger partial charge in [0.25, 0.3) is 0 Å².